The lowest BCUT2D eigenvalue weighted by Crippen LogP contribution is -2.43. The number of ether oxygens (including phenoxy) is 1. The van der Waals surface area contributed by atoms with Crippen molar-refractivity contribution in [2.45, 2.75) is 0 Å². The normalized spacial score (nSPS) is 13.0. The first-order chi connectivity index (χ1) is 12.3. The van der Waals surface area contributed by atoms with Gasteiger partial charge in [0.05, 0.1) is 16.3 Å². The molecule has 2 aromatic rings. The van der Waals surface area contributed by atoms with Gasteiger partial charge in [-0.3, -0.25) is 14.5 Å². The van der Waals surface area contributed by atoms with Gasteiger partial charge in [0.2, 0.25) is 5.91 Å². The molecule has 0 fully saturated rings. The van der Waals surface area contributed by atoms with E-state index in [1.165, 1.54) is 29.2 Å². The maximum absolute atomic E-state index is 12.3. The monoisotopic (exact) mass is 394 g/mol. The van der Waals surface area contributed by atoms with Gasteiger partial charge in [0, 0.05) is 10.7 Å². The molecule has 26 heavy (non-hydrogen) atoms. The molecule has 7 nitrogen and oxygen atoms in total. The van der Waals surface area contributed by atoms with Crippen LogP contribution in [0.1, 0.15) is 10.4 Å². The maximum atomic E-state index is 12.3. The Balaban J connectivity index is 1.79. The Labute approximate surface area is 158 Å². The van der Waals surface area contributed by atoms with Crippen molar-refractivity contribution < 1.29 is 24.2 Å². The number of carboxylic acid groups (broad SMARTS) is 1. The van der Waals surface area contributed by atoms with E-state index in [1.54, 1.807) is 12.1 Å². The van der Waals surface area contributed by atoms with E-state index >= 15 is 0 Å². The van der Waals surface area contributed by atoms with Gasteiger partial charge in [-0.25, -0.2) is 4.79 Å². The van der Waals surface area contributed by atoms with Crippen molar-refractivity contribution in [1.29, 1.82) is 0 Å². The Morgan fingerprint density at radius 3 is 2.69 bits per heavy atom. The molecule has 0 spiro atoms. The van der Waals surface area contributed by atoms with E-state index in [-0.39, 0.29) is 29.4 Å². The molecule has 2 amide bonds. The van der Waals surface area contributed by atoms with Crippen molar-refractivity contribution in [3.63, 3.8) is 0 Å². The van der Waals surface area contributed by atoms with Crippen molar-refractivity contribution in [1.82, 2.24) is 0 Å². The molecule has 3 rings (SSSR count). The first-order valence-corrected chi connectivity index (χ1v) is 8.16. The minimum absolute atomic E-state index is 0.0578. The number of aromatic carboxylic acids is 1. The van der Waals surface area contributed by atoms with E-state index in [9.17, 15) is 14.4 Å². The van der Waals surface area contributed by atoms with E-state index in [2.05, 4.69) is 5.32 Å². The number of nitrogens with one attached hydrogen (secondary N) is 1. The van der Waals surface area contributed by atoms with Crippen LogP contribution < -0.4 is 15.0 Å². The minimum atomic E-state index is -1.21. The topological polar surface area (TPSA) is 95.9 Å². The molecule has 0 saturated heterocycles. The largest absolute Gasteiger partial charge is 0.482 e. The summed E-state index contributed by atoms with van der Waals surface area (Å²) in [4.78, 5) is 36.8. The molecule has 9 heteroatoms. The van der Waals surface area contributed by atoms with Gasteiger partial charge in [0.15, 0.2) is 6.61 Å². The van der Waals surface area contributed by atoms with Gasteiger partial charge in [0.25, 0.3) is 5.91 Å². The highest BCUT2D eigenvalue weighted by molar-refractivity contribution is 6.33. The summed E-state index contributed by atoms with van der Waals surface area (Å²) in [5, 5.41) is 12.1. The minimum Gasteiger partial charge on any atom is -0.482 e. The number of nitrogens with zero attached hydrogens (tertiary/aromatic N) is 1. The number of carbonyl (C=O) groups excluding carboxylic acids is 2. The maximum Gasteiger partial charge on any atom is 0.337 e. The van der Waals surface area contributed by atoms with Crippen LogP contribution in [0.5, 0.6) is 5.75 Å². The second-order valence-corrected chi connectivity index (χ2v) is 6.27. The van der Waals surface area contributed by atoms with Gasteiger partial charge in [-0.2, -0.15) is 0 Å². The molecule has 0 saturated carbocycles. The number of carboxylic acids is 1. The zero-order valence-electron chi connectivity index (χ0n) is 13.2. The summed E-state index contributed by atoms with van der Waals surface area (Å²) in [6, 6.07) is 8.86. The molecule has 0 bridgehead atoms. The first kappa shape index (κ1) is 18.0. The van der Waals surface area contributed by atoms with Crippen LogP contribution in [0.15, 0.2) is 36.4 Å². The fourth-order valence-corrected chi connectivity index (χ4v) is 2.82. The van der Waals surface area contributed by atoms with Crippen LogP contribution in [0.4, 0.5) is 11.4 Å². The van der Waals surface area contributed by atoms with Crippen LogP contribution in [-0.4, -0.2) is 36.0 Å². The Bertz CT molecular complexity index is 916. The smallest absolute Gasteiger partial charge is 0.337 e. The Kier molecular flexibility index (Phi) is 5.01. The summed E-state index contributed by atoms with van der Waals surface area (Å²) < 4.78 is 5.31. The fourth-order valence-electron chi connectivity index (χ4n) is 2.46. The van der Waals surface area contributed by atoms with Gasteiger partial charge in [-0.15, -0.1) is 0 Å². The molecule has 0 atom stereocenters. The summed E-state index contributed by atoms with van der Waals surface area (Å²) in [7, 11) is 0. The molecule has 2 aromatic carbocycles. The number of rotatable bonds is 4. The van der Waals surface area contributed by atoms with Crippen LogP contribution >= 0.6 is 23.2 Å². The summed E-state index contributed by atoms with van der Waals surface area (Å²) in [6.07, 6.45) is 0. The van der Waals surface area contributed by atoms with E-state index in [4.69, 9.17) is 33.0 Å². The number of halogens is 2. The van der Waals surface area contributed by atoms with Crippen molar-refractivity contribution in [3.05, 3.63) is 52.0 Å². The number of fused-ring (bicyclic) bond motifs is 1. The first-order valence-electron chi connectivity index (χ1n) is 7.40. The predicted molar refractivity (Wildman–Crippen MR) is 96.3 cm³/mol. The van der Waals surface area contributed by atoms with Gasteiger partial charge in [-0.1, -0.05) is 23.2 Å². The SMILES string of the molecule is O=C(CN1C(=O)COc2ccc(Cl)cc21)Nc1ccc(Cl)c(C(=O)O)c1. The molecule has 134 valence electrons. The molecular formula is C17H12Cl2N2O5. The van der Waals surface area contributed by atoms with Crippen LogP contribution in [0, 0.1) is 0 Å². The van der Waals surface area contributed by atoms with Crippen molar-refractivity contribution in [3.8, 4) is 5.75 Å². The van der Waals surface area contributed by atoms with Crippen molar-refractivity contribution in [2.24, 2.45) is 0 Å². The lowest BCUT2D eigenvalue weighted by atomic mass is 10.2. The number of hydrogen-bond acceptors (Lipinski definition) is 4. The van der Waals surface area contributed by atoms with E-state index in [1.807, 2.05) is 0 Å². The lowest BCUT2D eigenvalue weighted by molar-refractivity contribution is -0.123. The highest BCUT2D eigenvalue weighted by Gasteiger charge is 2.27. The molecule has 0 aromatic heterocycles. The number of benzene rings is 2. The molecule has 0 radical (unpaired) electrons. The third-order valence-corrected chi connectivity index (χ3v) is 4.21. The summed E-state index contributed by atoms with van der Waals surface area (Å²) in [5.74, 6) is -1.67. The molecule has 2 N–H and O–H groups in total. The third kappa shape index (κ3) is 3.74. The molecule has 0 aliphatic carbocycles. The van der Waals surface area contributed by atoms with Crippen LogP contribution in [-0.2, 0) is 9.59 Å². The quantitative estimate of drug-likeness (QED) is 0.830. The average Bonchev–Trinajstić information content (AvgIpc) is 2.59. The van der Waals surface area contributed by atoms with Crippen LogP contribution in [0.3, 0.4) is 0 Å². The highest BCUT2D eigenvalue weighted by atomic mass is 35.5. The second-order valence-electron chi connectivity index (χ2n) is 5.43. The summed E-state index contributed by atoms with van der Waals surface area (Å²) in [6.45, 7) is -0.466. The fraction of sp³-hybridized carbons (Fsp3) is 0.118. The zero-order valence-corrected chi connectivity index (χ0v) is 14.7. The molecule has 1 heterocycles. The predicted octanol–water partition coefficient (Wildman–Crippen LogP) is 3.06. The second kappa shape index (κ2) is 7.23. The highest BCUT2D eigenvalue weighted by Crippen LogP contribution is 2.34. The Morgan fingerprint density at radius 2 is 1.96 bits per heavy atom. The van der Waals surface area contributed by atoms with Crippen molar-refractivity contribution in [2.75, 3.05) is 23.4 Å². The zero-order chi connectivity index (χ0) is 18.8. The van der Waals surface area contributed by atoms with Crippen LogP contribution in [0.25, 0.3) is 0 Å². The number of amides is 2. The van der Waals surface area contributed by atoms with E-state index in [0.29, 0.717) is 16.5 Å². The molecular weight excluding hydrogens is 383 g/mol. The third-order valence-electron chi connectivity index (χ3n) is 3.65. The molecule has 0 unspecified atom stereocenters. The Morgan fingerprint density at radius 1 is 1.19 bits per heavy atom. The van der Waals surface area contributed by atoms with E-state index in [0.717, 1.165) is 0 Å². The van der Waals surface area contributed by atoms with Gasteiger partial charge in [0.1, 0.15) is 12.3 Å². The van der Waals surface area contributed by atoms with E-state index < -0.39 is 17.8 Å². The summed E-state index contributed by atoms with van der Waals surface area (Å²) >= 11 is 11.8. The molecule has 1 aliphatic rings. The van der Waals surface area contributed by atoms with Crippen molar-refractivity contribution >= 4 is 52.4 Å². The lowest BCUT2D eigenvalue weighted by Gasteiger charge is -2.29. The molecule has 1 aliphatic heterocycles. The average molecular weight is 395 g/mol. The number of carbonyl (C=O) groups is 3. The van der Waals surface area contributed by atoms with Gasteiger partial charge < -0.3 is 15.2 Å². The Hall–Kier alpha value is -2.77. The summed E-state index contributed by atoms with van der Waals surface area (Å²) in [5.41, 5.74) is 0.513. The van der Waals surface area contributed by atoms with Crippen LogP contribution in [0.2, 0.25) is 10.0 Å². The number of hydrogen-bond donors (Lipinski definition) is 2. The van der Waals surface area contributed by atoms with Gasteiger partial charge >= 0.3 is 5.97 Å². The van der Waals surface area contributed by atoms with Gasteiger partial charge in [-0.05, 0) is 36.4 Å². The standard InChI is InChI=1S/C17H12Cl2N2O5/c18-9-1-4-14-13(5-9)21(16(23)8-26-14)7-15(22)20-10-2-3-12(19)11(6-10)17(24)25/h1-6H,7-8H2,(H,20,22)(H,24,25). The number of anilines is 2.